The first-order valence-electron chi connectivity index (χ1n) is 13.1. The first kappa shape index (κ1) is 13.2. The third kappa shape index (κ3) is 3.02. The second-order valence-electron chi connectivity index (χ2n) is 8.82. The fourth-order valence-electron chi connectivity index (χ4n) is 5.84. The molecular formula is C24H34O3. The van der Waals surface area contributed by atoms with Crippen LogP contribution in [0.5, 0.6) is 5.75 Å². The van der Waals surface area contributed by atoms with Crippen LogP contribution in [-0.2, 0) is 15.8 Å². The molecule has 2 unspecified atom stereocenters. The number of hydrogen-bond acceptors (Lipinski definition) is 3. The van der Waals surface area contributed by atoms with Crippen molar-refractivity contribution < 1.29 is 21.1 Å². The number of fused-ring (bicyclic) bond motifs is 5. The van der Waals surface area contributed by atoms with E-state index in [1.165, 1.54) is 7.11 Å². The van der Waals surface area contributed by atoms with Gasteiger partial charge in [-0.2, -0.15) is 0 Å². The van der Waals surface area contributed by atoms with E-state index in [2.05, 4.69) is 6.92 Å². The van der Waals surface area contributed by atoms with Crippen molar-refractivity contribution in [1.82, 2.24) is 0 Å². The summed E-state index contributed by atoms with van der Waals surface area (Å²) < 4.78 is 62.5. The number of benzene rings is 1. The zero-order valence-corrected chi connectivity index (χ0v) is 16.4. The van der Waals surface area contributed by atoms with Gasteiger partial charge >= 0.3 is 0 Å². The average molecular weight is 376 g/mol. The van der Waals surface area contributed by atoms with E-state index in [0.29, 0.717) is 24.3 Å². The van der Waals surface area contributed by atoms with Crippen molar-refractivity contribution in [3.8, 4) is 5.75 Å². The topological polar surface area (TPSA) is 27.7 Å². The average Bonchev–Trinajstić information content (AvgIpc) is 3.07. The van der Waals surface area contributed by atoms with Crippen LogP contribution in [0.3, 0.4) is 0 Å². The summed E-state index contributed by atoms with van der Waals surface area (Å²) in [5, 5.41) is 0. The van der Waals surface area contributed by atoms with Gasteiger partial charge in [-0.05, 0) is 104 Å². The molecule has 5 rings (SSSR count). The summed E-state index contributed by atoms with van der Waals surface area (Å²) >= 11 is 0. The molecule has 3 aliphatic carbocycles. The lowest BCUT2D eigenvalue weighted by Gasteiger charge is -2.51. The quantitative estimate of drug-likeness (QED) is 0.702. The zero-order chi connectivity index (χ0) is 22.9. The Morgan fingerprint density at radius 2 is 2.15 bits per heavy atom. The summed E-state index contributed by atoms with van der Waals surface area (Å²) in [7, 11) is 1.53. The second-order valence-corrected chi connectivity index (χ2v) is 8.82. The fourth-order valence-corrected chi connectivity index (χ4v) is 5.84. The van der Waals surface area contributed by atoms with Crippen LogP contribution in [-0.4, -0.2) is 26.1 Å². The number of rotatable bonds is 3. The number of aryl methyl sites for hydroxylation is 1. The van der Waals surface area contributed by atoms with Gasteiger partial charge in [-0.3, -0.25) is 0 Å². The van der Waals surface area contributed by atoms with Gasteiger partial charge in [0.2, 0.25) is 0 Å². The van der Waals surface area contributed by atoms with Crippen molar-refractivity contribution in [2.45, 2.75) is 82.9 Å². The van der Waals surface area contributed by atoms with Gasteiger partial charge in [0.1, 0.15) is 5.75 Å². The van der Waals surface area contributed by atoms with E-state index >= 15 is 0 Å². The summed E-state index contributed by atoms with van der Waals surface area (Å²) in [6.45, 7) is 2.86. The number of methoxy groups -OCH3 is 1. The summed E-state index contributed by atoms with van der Waals surface area (Å²) in [5.74, 6) is -0.424. The predicted molar refractivity (Wildman–Crippen MR) is 106 cm³/mol. The molecule has 0 bridgehead atoms. The minimum atomic E-state index is -2.17. The highest BCUT2D eigenvalue weighted by Crippen LogP contribution is 2.61. The Kier molecular flexibility index (Phi) is 3.46. The van der Waals surface area contributed by atoms with Crippen LogP contribution >= 0.6 is 0 Å². The SMILES string of the molecule is [2H]C1C[C@]2(C)[C@@H](OC3CCCCO3)CC[C@H]2[C@H]2[C@H]1c1ccc(OC)cc1C([2H])([2H])C2([2H])[2H]. The molecule has 1 heterocycles. The van der Waals surface area contributed by atoms with Crippen molar-refractivity contribution in [2.75, 3.05) is 13.7 Å². The lowest BCUT2D eigenvalue weighted by Crippen LogP contribution is -2.46. The first-order chi connectivity index (χ1) is 15.1. The van der Waals surface area contributed by atoms with Gasteiger partial charge < -0.3 is 14.2 Å². The van der Waals surface area contributed by atoms with Crippen LogP contribution in [0, 0.1) is 17.3 Å². The van der Waals surface area contributed by atoms with Gasteiger partial charge in [0.25, 0.3) is 0 Å². The highest BCUT2D eigenvalue weighted by molar-refractivity contribution is 5.40. The standard InChI is InChI=1S/C24H34O3/c1-24-13-12-19-18-9-7-17(25-2)15-16(18)6-8-20(19)21(24)10-11-22(24)27-23-5-3-4-14-26-23/h7,9,15,19-23H,3-6,8,10-14H2,1-2H3/t19-,20-,21+,22+,23?,24+/m1/s1/i6D2,8D2,12D/t12?,19-,20-,21+,22+,23?,24+. The highest BCUT2D eigenvalue weighted by Gasteiger charge is 2.55. The van der Waals surface area contributed by atoms with E-state index < -0.39 is 25.1 Å². The smallest absolute Gasteiger partial charge is 0.157 e. The third-order valence-corrected chi connectivity index (χ3v) is 7.40. The molecule has 4 aliphatic rings. The van der Waals surface area contributed by atoms with Crippen molar-refractivity contribution in [3.63, 3.8) is 0 Å². The summed E-state index contributed by atoms with van der Waals surface area (Å²) in [6, 6.07) is 5.31. The van der Waals surface area contributed by atoms with E-state index in [-0.39, 0.29) is 29.6 Å². The monoisotopic (exact) mass is 375 g/mol. The van der Waals surface area contributed by atoms with Crippen LogP contribution in [0.1, 0.15) is 82.1 Å². The largest absolute Gasteiger partial charge is 0.497 e. The van der Waals surface area contributed by atoms with Crippen LogP contribution < -0.4 is 4.74 Å². The van der Waals surface area contributed by atoms with Gasteiger partial charge in [0, 0.05) is 13.5 Å². The van der Waals surface area contributed by atoms with E-state index in [9.17, 15) is 0 Å². The molecule has 3 heteroatoms. The molecule has 0 radical (unpaired) electrons. The Balaban J connectivity index is 1.54. The third-order valence-electron chi connectivity index (χ3n) is 7.40. The summed E-state index contributed by atoms with van der Waals surface area (Å²) in [5.41, 5.74) is 0.755. The van der Waals surface area contributed by atoms with Gasteiger partial charge in [-0.1, -0.05) is 13.0 Å². The summed E-state index contributed by atoms with van der Waals surface area (Å²) in [4.78, 5) is 0. The maximum Gasteiger partial charge on any atom is 0.157 e. The fraction of sp³-hybridized carbons (Fsp3) is 0.750. The van der Waals surface area contributed by atoms with Crippen LogP contribution in [0.4, 0.5) is 0 Å². The Bertz CT molecular complexity index is 871. The second kappa shape index (κ2) is 7.08. The molecule has 3 nitrogen and oxygen atoms in total. The van der Waals surface area contributed by atoms with E-state index in [0.717, 1.165) is 37.7 Å². The van der Waals surface area contributed by atoms with Gasteiger partial charge in [-0.25, -0.2) is 0 Å². The Morgan fingerprint density at radius 3 is 2.96 bits per heavy atom. The van der Waals surface area contributed by atoms with Crippen LogP contribution in [0.2, 0.25) is 0 Å². The lowest BCUT2D eigenvalue weighted by atomic mass is 9.55. The molecule has 0 aromatic heterocycles. The minimum absolute atomic E-state index is 0.0389. The molecule has 3 fully saturated rings. The Morgan fingerprint density at radius 1 is 1.22 bits per heavy atom. The van der Waals surface area contributed by atoms with Gasteiger partial charge in [0.15, 0.2) is 6.29 Å². The molecule has 1 aromatic carbocycles. The van der Waals surface area contributed by atoms with Crippen molar-refractivity contribution >= 4 is 0 Å². The maximum atomic E-state index is 9.11. The van der Waals surface area contributed by atoms with E-state index in [1.807, 2.05) is 12.1 Å². The molecule has 7 atom stereocenters. The predicted octanol–water partition coefficient (Wildman–Crippen LogP) is 5.46. The molecule has 0 N–H and O–H groups in total. The molecular weight excluding hydrogens is 336 g/mol. The molecule has 1 aromatic rings. The van der Waals surface area contributed by atoms with Crippen molar-refractivity contribution in [1.29, 1.82) is 0 Å². The summed E-state index contributed by atoms with van der Waals surface area (Å²) in [6.07, 6.45) is 0.185. The molecule has 2 saturated carbocycles. The molecule has 1 saturated heterocycles. The maximum absolute atomic E-state index is 9.11. The number of hydrogen-bond donors (Lipinski definition) is 0. The Labute approximate surface area is 170 Å². The first-order valence-corrected chi connectivity index (χ1v) is 10.5. The molecule has 1 aliphatic heterocycles. The van der Waals surface area contributed by atoms with Crippen LogP contribution in [0.15, 0.2) is 18.2 Å². The molecule has 148 valence electrons. The minimum Gasteiger partial charge on any atom is -0.497 e. The zero-order valence-electron chi connectivity index (χ0n) is 21.4. The molecule has 0 spiro atoms. The Hall–Kier alpha value is -1.06. The highest BCUT2D eigenvalue weighted by atomic mass is 16.7. The van der Waals surface area contributed by atoms with Crippen LogP contribution in [0.25, 0.3) is 0 Å². The molecule has 0 amide bonds. The number of ether oxygens (including phenoxy) is 3. The normalized spacial score (nSPS) is 49.9. The molecule has 27 heavy (non-hydrogen) atoms. The van der Waals surface area contributed by atoms with Gasteiger partial charge in [0.05, 0.1) is 13.2 Å². The lowest BCUT2D eigenvalue weighted by molar-refractivity contribution is -0.212. The van der Waals surface area contributed by atoms with Crippen molar-refractivity contribution in [2.24, 2.45) is 17.3 Å². The van der Waals surface area contributed by atoms with Gasteiger partial charge in [-0.15, -0.1) is 0 Å². The van der Waals surface area contributed by atoms with Crippen molar-refractivity contribution in [3.05, 3.63) is 29.3 Å². The van der Waals surface area contributed by atoms with E-state index in [4.69, 9.17) is 21.1 Å². The van der Waals surface area contributed by atoms with E-state index in [1.54, 1.807) is 6.07 Å².